The number of likely N-dealkylation sites (N-methyl/N-ethyl adjacent to an activating group) is 1. The van der Waals surface area contributed by atoms with Crippen LogP contribution in [0.2, 0.25) is 0 Å². The fourth-order valence-corrected chi connectivity index (χ4v) is 16.1. The van der Waals surface area contributed by atoms with Crippen LogP contribution in [0.15, 0.2) is 150 Å². The lowest BCUT2D eigenvalue weighted by Crippen LogP contribution is -2.39. The summed E-state index contributed by atoms with van der Waals surface area (Å²) in [6.07, 6.45) is 8.63. The Hall–Kier alpha value is -11.8. The Balaban J connectivity index is 0.000000431. The third-order valence-electron chi connectivity index (χ3n) is 14.8. The van der Waals surface area contributed by atoms with Crippen molar-refractivity contribution in [3.63, 3.8) is 0 Å². The van der Waals surface area contributed by atoms with Crippen molar-refractivity contribution in [3.05, 3.63) is 223 Å². The van der Waals surface area contributed by atoms with Crippen molar-refractivity contribution in [1.82, 2.24) is 23.9 Å². The molecule has 0 bridgehead atoms. The molecule has 0 spiro atoms. The molecule has 0 radical (unpaired) electrons. The van der Waals surface area contributed by atoms with Gasteiger partial charge >= 0.3 is 0 Å². The van der Waals surface area contributed by atoms with Crippen LogP contribution in [0.4, 0.5) is 0 Å². The molecule has 22 nitrogen and oxygen atoms in total. The highest BCUT2D eigenvalue weighted by Gasteiger charge is 2.39. The highest BCUT2D eigenvalue weighted by molar-refractivity contribution is 8.30. The van der Waals surface area contributed by atoms with Crippen molar-refractivity contribution in [3.8, 4) is 41.6 Å². The van der Waals surface area contributed by atoms with E-state index in [0.29, 0.717) is 76.8 Å². The normalized spacial score (nSPS) is 16.2. The van der Waals surface area contributed by atoms with Gasteiger partial charge in [-0.1, -0.05) is 174 Å². The van der Waals surface area contributed by atoms with Crippen LogP contribution in [0.5, 0.6) is 0 Å². The SMILES string of the molecule is C/C=C1/C(=O)N(C)C(=O)C(C#N)=C1C.C/C=c1\s/c(=C(/C#N)C(C)=O)nc1-c1ccccc1.C/C=c1\s/c(=C2/SC(=S)N(C)C2=O)n(C)c1=O.C/C=c1\sc(=C(C#N)C#N)n(C)c1=O.CC.CC.CC.[C-]#[N+]/C(C#N)=C1\C(=C(C)C)S(=O)(=O)c2ccccc21.[C-]#[N+]/C(C(C)=O)=C1\C(=C\C)C(=O)c2ccccc21. The molecule has 1 saturated heterocycles. The molecule has 0 N–H and O–H groups in total. The Labute approximate surface area is 644 Å². The third-order valence-corrected chi connectivity index (χ3v) is 22.3. The molecule has 4 aliphatic rings. The molecule has 10 rings (SSSR count). The average molecular weight is 1550 g/mol. The monoisotopic (exact) mass is 1550 g/mol. The summed E-state index contributed by atoms with van der Waals surface area (Å²) in [7, 11) is 2.60. The molecular formula is C79H78N12O10S6. The molecule has 6 heterocycles. The minimum Gasteiger partial charge on any atom is -0.308 e. The van der Waals surface area contributed by atoms with E-state index in [1.165, 1.54) is 75.4 Å². The van der Waals surface area contributed by atoms with Crippen molar-refractivity contribution >= 4 is 153 Å². The predicted molar refractivity (Wildman–Crippen MR) is 429 cm³/mol. The molecule has 0 unspecified atom stereocenters. The predicted octanol–water partition coefficient (Wildman–Crippen LogP) is 11.0. The summed E-state index contributed by atoms with van der Waals surface area (Å²) in [4.78, 5) is 107. The summed E-state index contributed by atoms with van der Waals surface area (Å²) < 4.78 is 32.0. The second-order valence-corrected chi connectivity index (χ2v) is 27.8. The van der Waals surface area contributed by atoms with Gasteiger partial charge in [0.2, 0.25) is 15.5 Å². The van der Waals surface area contributed by atoms with Gasteiger partial charge in [-0.05, 0) is 92.0 Å². The van der Waals surface area contributed by atoms with Crippen LogP contribution >= 0.6 is 58.0 Å². The second kappa shape index (κ2) is 42.9. The van der Waals surface area contributed by atoms with Gasteiger partial charge in [-0.25, -0.2) is 28.4 Å². The Kier molecular flexibility index (Phi) is 36.6. The number of aromatic nitrogens is 3. The maximum absolute atomic E-state index is 12.5. The van der Waals surface area contributed by atoms with E-state index in [-0.39, 0.29) is 83.8 Å². The number of imide groups is 1. The quantitative estimate of drug-likeness (QED) is 0.0522. The number of ketones is 3. The van der Waals surface area contributed by atoms with Crippen molar-refractivity contribution in [2.24, 2.45) is 14.1 Å². The van der Waals surface area contributed by atoms with Crippen LogP contribution in [0.1, 0.15) is 132 Å². The number of rotatable bonds is 3. The highest BCUT2D eigenvalue weighted by Crippen LogP contribution is 2.46. The minimum absolute atomic E-state index is 0.0253. The molecule has 3 aromatic heterocycles. The number of amides is 3. The number of thioether (sulfide) groups is 1. The van der Waals surface area contributed by atoms with Crippen LogP contribution < -0.4 is 38.7 Å². The standard InChI is InChI=1S/C15H12N2OS.C15H11NO2.C14H10N2O2S.C10H10N2O2S3.C10H10N2O2.C9H7N3OS.3C2H6/c1-3-13-14(11-7-5-4-6-8-11)17-15(19-13)12(9-16)10(2)18;1-4-10-13(14(16-3)9(2)17)11-7-5-6-8-12(11)15(10)18;1-9(2)14-13(11(8-15)16-3)10-6-4-5-7-12(10)19(14,17)18;1-4-5-7(13)11(2)9(16-5)6-8(14)12(3)10(15)17-6;1-4-7-6(2)8(5-11)10(14)12(3)9(7)13;1-3-7-8(13)12(2)9(14-7)6(4-10)5-11;3*1-2/h3-8H,1-2H3;4-8H,1-2H3;4-7H,1-2H3;4H,1-3H3;4H,1-3H3;3H,1-2H3;3*1-2H3/b13-3-,15-12-;10-4-,14-13+;13-11-;5-4-,9-6+;7-4+;7-3-;;;. The number of carbonyl (C=O) groups excluding carboxylic acids is 6. The van der Waals surface area contributed by atoms with Crippen molar-refractivity contribution in [1.29, 1.82) is 26.3 Å². The van der Waals surface area contributed by atoms with Crippen molar-refractivity contribution in [2.75, 3.05) is 14.1 Å². The number of thiocarbonyl (C=S) groups is 1. The lowest BCUT2D eigenvalue weighted by atomic mass is 9.96. The number of benzene rings is 3. The Morgan fingerprint density at radius 1 is 0.579 bits per heavy atom. The molecule has 1 fully saturated rings. The fourth-order valence-electron chi connectivity index (χ4n) is 9.81. The molecule has 107 heavy (non-hydrogen) atoms. The summed E-state index contributed by atoms with van der Waals surface area (Å²) in [5.74, 6) is -1.71. The fraction of sp³-hybridized carbons (Fsp3) is 0.253. The summed E-state index contributed by atoms with van der Waals surface area (Å²) in [6, 6.07) is 32.3. The maximum Gasteiger partial charge on any atom is 0.271 e. The Morgan fingerprint density at radius 3 is 1.52 bits per heavy atom. The summed E-state index contributed by atoms with van der Waals surface area (Å²) in [6.45, 7) is 42.8. The zero-order valence-corrected chi connectivity index (χ0v) is 67.7. The molecule has 550 valence electrons. The van der Waals surface area contributed by atoms with E-state index in [0.717, 1.165) is 32.0 Å². The first-order valence-electron chi connectivity index (χ1n) is 32.6. The van der Waals surface area contributed by atoms with E-state index >= 15 is 0 Å². The molecule has 28 heteroatoms. The topological polar surface area (TPSA) is 328 Å². The van der Waals surface area contributed by atoms with E-state index in [9.17, 15) is 46.8 Å². The van der Waals surface area contributed by atoms with Gasteiger partial charge < -0.3 is 13.9 Å². The van der Waals surface area contributed by atoms with Crippen LogP contribution in [0, 0.1) is 69.8 Å². The van der Waals surface area contributed by atoms with Gasteiger partial charge in [0.25, 0.3) is 34.5 Å². The Morgan fingerprint density at radius 2 is 1.09 bits per heavy atom. The number of nitrogens with zero attached hydrogens (tertiary/aromatic N) is 12. The molecule has 0 atom stereocenters. The third kappa shape index (κ3) is 20.4. The van der Waals surface area contributed by atoms with Crippen molar-refractivity contribution < 1.29 is 37.2 Å². The number of nitriles is 5. The second-order valence-electron chi connectivity index (χ2n) is 21.2. The largest absolute Gasteiger partial charge is 0.308 e. The number of fused-ring (bicyclic) bond motifs is 2. The molecule has 3 aliphatic heterocycles. The zero-order valence-electron chi connectivity index (χ0n) is 62.8. The number of thiazole rings is 3. The number of carbonyl (C=O) groups is 6. The lowest BCUT2D eigenvalue weighted by molar-refractivity contribution is -0.138. The summed E-state index contributed by atoms with van der Waals surface area (Å²) >= 11 is 10.2. The molecule has 1 aliphatic carbocycles. The van der Waals surface area contributed by atoms with E-state index in [4.69, 9.17) is 51.7 Å². The van der Waals surface area contributed by atoms with Crippen LogP contribution in [-0.4, -0.2) is 85.8 Å². The van der Waals surface area contributed by atoms with E-state index in [1.807, 2.05) is 104 Å². The molecular weight excluding hydrogens is 1470 g/mol. The highest BCUT2D eigenvalue weighted by atomic mass is 32.2. The number of hydrogen-bond donors (Lipinski definition) is 0. The van der Waals surface area contributed by atoms with Gasteiger partial charge in [0, 0.05) is 61.6 Å². The first-order chi connectivity index (χ1) is 50.9. The Bertz CT molecular complexity index is 5730. The van der Waals surface area contributed by atoms with Crippen LogP contribution in [0.3, 0.4) is 0 Å². The zero-order chi connectivity index (χ0) is 81.7. The number of hydrogen-bond acceptors (Lipinski definition) is 21. The molecule has 6 aromatic rings. The molecule has 3 amide bonds. The van der Waals surface area contributed by atoms with Gasteiger partial charge in [-0.2, -0.15) is 21.0 Å². The van der Waals surface area contributed by atoms with Gasteiger partial charge in [0.15, 0.2) is 22.9 Å². The smallest absolute Gasteiger partial charge is 0.271 e. The summed E-state index contributed by atoms with van der Waals surface area (Å²) in [5.41, 5.74) is 5.80. The van der Waals surface area contributed by atoms with E-state index in [1.54, 1.807) is 148 Å². The van der Waals surface area contributed by atoms with Crippen LogP contribution in [-0.2, 0) is 47.9 Å². The number of Topliss-reactive ketones (excluding diaryl/α,β-unsaturated/α-hetero) is 3. The van der Waals surface area contributed by atoms with E-state index < -0.39 is 15.7 Å². The minimum atomic E-state index is -3.63. The lowest BCUT2D eigenvalue weighted by Gasteiger charge is -2.23. The number of allylic oxidation sites excluding steroid dienone is 8. The number of sulfone groups is 1. The maximum atomic E-state index is 12.5. The first kappa shape index (κ1) is 91.3. The molecule has 0 saturated carbocycles. The van der Waals surface area contributed by atoms with Crippen molar-refractivity contribution in [2.45, 2.75) is 116 Å². The van der Waals surface area contributed by atoms with Crippen LogP contribution in [0.25, 0.3) is 66.4 Å². The van der Waals surface area contributed by atoms with E-state index in [2.05, 4.69) is 14.7 Å². The summed E-state index contributed by atoms with van der Waals surface area (Å²) in [5, 5.41) is 44.1. The van der Waals surface area contributed by atoms with Gasteiger partial charge in [-0.15, -0.1) is 34.0 Å². The molecule has 3 aromatic carbocycles. The van der Waals surface area contributed by atoms with Gasteiger partial charge in [-0.3, -0.25) is 43.4 Å². The first-order valence-corrected chi connectivity index (χ1v) is 37.8. The van der Waals surface area contributed by atoms with Gasteiger partial charge in [0.1, 0.15) is 58.6 Å². The van der Waals surface area contributed by atoms with Gasteiger partial charge in [0.05, 0.1) is 48.3 Å². The average Bonchev–Trinajstić information content (AvgIpc) is 1.58.